The Labute approximate surface area is 196 Å². The minimum atomic E-state index is -0.825. The van der Waals surface area contributed by atoms with Gasteiger partial charge in [-0.1, -0.05) is 50.1 Å². The lowest BCUT2D eigenvalue weighted by Crippen LogP contribution is -2.79. The minimum absolute atomic E-state index is 0.183. The highest BCUT2D eigenvalue weighted by Crippen LogP contribution is 2.52. The fraction of sp³-hybridized carbons (Fsp3) is 0.550. The van der Waals surface area contributed by atoms with Gasteiger partial charge < -0.3 is 19.7 Å². The van der Waals surface area contributed by atoms with Gasteiger partial charge in [-0.3, -0.25) is 9.59 Å². The number of nitrogens with one attached hydrogen (secondary N) is 1. The monoisotopic (exact) mass is 562 g/mol. The van der Waals surface area contributed by atoms with E-state index < -0.39 is 33.9 Å². The highest BCUT2D eigenvalue weighted by atomic mass is 79.9. The highest BCUT2D eigenvalue weighted by Gasteiger charge is 2.64. The number of nitrogens with zero attached hydrogens (tertiary/aromatic N) is 1. The molecule has 1 N–H and O–H groups in total. The van der Waals surface area contributed by atoms with E-state index in [-0.39, 0.29) is 22.0 Å². The van der Waals surface area contributed by atoms with E-state index in [2.05, 4.69) is 37.2 Å². The van der Waals surface area contributed by atoms with Crippen LogP contribution >= 0.6 is 43.6 Å². The summed E-state index contributed by atoms with van der Waals surface area (Å²) in [6.07, 6.45) is 0. The summed E-state index contributed by atoms with van der Waals surface area (Å²) in [6, 6.07) is 7.41. The van der Waals surface area contributed by atoms with Gasteiger partial charge >= 0.3 is 5.97 Å². The Morgan fingerprint density at radius 3 is 2.50 bits per heavy atom. The van der Waals surface area contributed by atoms with E-state index in [0.717, 1.165) is 0 Å². The largest absolute Gasteiger partial charge is 0.484 e. The molecule has 2 heterocycles. The molecular formula is C20H24Br2N2O5S. The summed E-state index contributed by atoms with van der Waals surface area (Å²) in [4.78, 5) is 39.6. The Kier molecular flexibility index (Phi) is 6.79. The van der Waals surface area contributed by atoms with Gasteiger partial charge in [0.15, 0.2) is 6.61 Å². The van der Waals surface area contributed by atoms with Gasteiger partial charge in [-0.15, -0.1) is 11.8 Å². The molecule has 1 aromatic carbocycles. The van der Waals surface area contributed by atoms with E-state index in [1.54, 1.807) is 32.9 Å². The molecule has 1 aromatic rings. The first-order chi connectivity index (χ1) is 13.9. The molecule has 0 bridgehead atoms. The first-order valence-electron chi connectivity index (χ1n) is 9.42. The van der Waals surface area contributed by atoms with Crippen molar-refractivity contribution >= 4 is 61.4 Å². The van der Waals surface area contributed by atoms with Gasteiger partial charge in [0.2, 0.25) is 5.91 Å². The number of hydrogen-bond acceptors (Lipinski definition) is 6. The normalized spacial score (nSPS) is 30.7. The van der Waals surface area contributed by atoms with Crippen LogP contribution in [0.1, 0.15) is 27.7 Å². The second-order valence-corrected chi connectivity index (χ2v) is 12.8. The van der Waals surface area contributed by atoms with Crippen molar-refractivity contribution in [2.45, 2.75) is 59.2 Å². The van der Waals surface area contributed by atoms with Crippen LogP contribution in [0.2, 0.25) is 0 Å². The molecule has 3 rings (SSSR count). The number of halogens is 2. The van der Waals surface area contributed by atoms with Crippen molar-refractivity contribution in [3.63, 3.8) is 0 Å². The fourth-order valence-corrected chi connectivity index (χ4v) is 6.25. The van der Waals surface area contributed by atoms with E-state index in [1.165, 1.54) is 16.7 Å². The Hall–Kier alpha value is -1.26. The number of amides is 2. The van der Waals surface area contributed by atoms with Crippen molar-refractivity contribution in [3.05, 3.63) is 30.3 Å². The zero-order chi connectivity index (χ0) is 22.3. The number of alkyl halides is 2. The first kappa shape index (κ1) is 23.4. The molecule has 0 aliphatic carbocycles. The Morgan fingerprint density at radius 1 is 1.27 bits per heavy atom. The summed E-state index contributed by atoms with van der Waals surface area (Å²) < 4.78 is 10.1. The molecule has 0 radical (unpaired) electrons. The standard InChI is InChI=1S/C20H24Br2N2O5S/c1-19(2,3)29-17(27)14-20(4,22)18(21)30-16-13(15(26)24(14)16)23-12(25)10-28-11-8-6-5-7-9-11/h5-9,13-14,16,18H,10H2,1-4H3,(H,23,25)/t13-,14+,16-,18+,20-/m1/s1. The maximum absolute atomic E-state index is 12.9. The number of carbonyl (C=O) groups excluding carboxylic acids is 3. The zero-order valence-corrected chi connectivity index (χ0v) is 21.0. The summed E-state index contributed by atoms with van der Waals surface area (Å²) in [5, 5.41) is 2.34. The number of fused-ring (bicyclic) bond motifs is 1. The quantitative estimate of drug-likeness (QED) is 0.337. The third-order valence-electron chi connectivity index (χ3n) is 4.66. The van der Waals surface area contributed by atoms with Crippen LogP contribution in [-0.2, 0) is 19.1 Å². The molecule has 2 fully saturated rings. The van der Waals surface area contributed by atoms with Crippen molar-refractivity contribution in [1.29, 1.82) is 0 Å². The molecule has 0 spiro atoms. The van der Waals surface area contributed by atoms with Crippen molar-refractivity contribution in [2.24, 2.45) is 0 Å². The molecule has 2 aliphatic rings. The number of esters is 1. The number of para-hydroxylation sites is 1. The van der Waals surface area contributed by atoms with Gasteiger partial charge in [0, 0.05) is 0 Å². The molecule has 2 amide bonds. The van der Waals surface area contributed by atoms with Crippen LogP contribution in [0.3, 0.4) is 0 Å². The zero-order valence-electron chi connectivity index (χ0n) is 17.1. The lowest BCUT2D eigenvalue weighted by atomic mass is 9.94. The van der Waals surface area contributed by atoms with Crippen LogP contribution in [0, 0.1) is 0 Å². The predicted molar refractivity (Wildman–Crippen MR) is 122 cm³/mol. The summed E-state index contributed by atoms with van der Waals surface area (Å²) in [5.74, 6) is -0.630. The van der Waals surface area contributed by atoms with Crippen LogP contribution in [0.5, 0.6) is 5.75 Å². The second-order valence-electron chi connectivity index (χ2n) is 8.32. The molecule has 2 saturated heterocycles. The van der Waals surface area contributed by atoms with Gasteiger partial charge in [0.1, 0.15) is 28.8 Å². The van der Waals surface area contributed by atoms with Crippen molar-refractivity contribution in [2.75, 3.05) is 6.61 Å². The van der Waals surface area contributed by atoms with E-state index >= 15 is 0 Å². The average Bonchev–Trinajstić information content (AvgIpc) is 2.65. The molecule has 30 heavy (non-hydrogen) atoms. The first-order valence-corrected chi connectivity index (χ1v) is 12.1. The summed E-state index contributed by atoms with van der Waals surface area (Å²) in [7, 11) is 0. The Balaban J connectivity index is 1.68. The van der Waals surface area contributed by atoms with Gasteiger partial charge in [0.05, 0.1) is 8.48 Å². The summed E-state index contributed by atoms with van der Waals surface area (Å²) in [5.41, 5.74) is -0.682. The molecular weight excluding hydrogens is 540 g/mol. The van der Waals surface area contributed by atoms with Gasteiger partial charge in [-0.2, -0.15) is 0 Å². The van der Waals surface area contributed by atoms with Crippen LogP contribution < -0.4 is 10.1 Å². The molecule has 10 heteroatoms. The van der Waals surface area contributed by atoms with Gasteiger partial charge in [0.25, 0.3) is 5.91 Å². The van der Waals surface area contributed by atoms with E-state index in [9.17, 15) is 14.4 Å². The number of ether oxygens (including phenoxy) is 2. The third-order valence-corrected chi connectivity index (χ3v) is 9.57. The SMILES string of the molecule is CC(C)(C)OC(=O)[C@@H]1N2C(=O)[C@@H](NC(=O)COc3ccccc3)[C@H]2S[C@H](Br)[C@]1(C)Br. The fourth-order valence-electron chi connectivity index (χ4n) is 3.27. The van der Waals surface area contributed by atoms with Crippen LogP contribution in [0.4, 0.5) is 0 Å². The maximum atomic E-state index is 12.9. The predicted octanol–water partition coefficient (Wildman–Crippen LogP) is 3.05. The van der Waals surface area contributed by atoms with Crippen LogP contribution in [-0.4, -0.2) is 60.8 Å². The van der Waals surface area contributed by atoms with Gasteiger partial charge in [-0.25, -0.2) is 4.79 Å². The topological polar surface area (TPSA) is 84.9 Å². The van der Waals surface area contributed by atoms with Gasteiger partial charge in [-0.05, 0) is 39.8 Å². The Bertz CT molecular complexity index is 830. The molecule has 0 saturated carbocycles. The minimum Gasteiger partial charge on any atom is -0.484 e. The smallest absolute Gasteiger partial charge is 0.330 e. The molecule has 7 nitrogen and oxygen atoms in total. The average molecular weight is 564 g/mol. The maximum Gasteiger partial charge on any atom is 0.330 e. The van der Waals surface area contributed by atoms with Crippen molar-refractivity contribution < 1.29 is 23.9 Å². The Morgan fingerprint density at radius 2 is 1.90 bits per heavy atom. The molecule has 2 aliphatic heterocycles. The van der Waals surface area contributed by atoms with E-state index in [1.807, 2.05) is 25.1 Å². The molecule has 164 valence electrons. The second kappa shape index (κ2) is 8.70. The summed E-state index contributed by atoms with van der Waals surface area (Å²) in [6.45, 7) is 6.99. The highest BCUT2D eigenvalue weighted by molar-refractivity contribution is 9.13. The number of carbonyl (C=O) groups is 3. The lowest BCUT2D eigenvalue weighted by Gasteiger charge is -2.58. The lowest BCUT2D eigenvalue weighted by molar-refractivity contribution is -0.174. The van der Waals surface area contributed by atoms with Crippen LogP contribution in [0.15, 0.2) is 30.3 Å². The molecule has 5 atom stereocenters. The van der Waals surface area contributed by atoms with Crippen LogP contribution in [0.25, 0.3) is 0 Å². The molecule has 0 aromatic heterocycles. The van der Waals surface area contributed by atoms with Crippen molar-refractivity contribution in [3.8, 4) is 5.75 Å². The number of hydrogen-bond donors (Lipinski definition) is 1. The third kappa shape index (κ3) is 4.80. The number of thioether (sulfide) groups is 1. The number of benzene rings is 1. The van der Waals surface area contributed by atoms with E-state index in [4.69, 9.17) is 9.47 Å². The van der Waals surface area contributed by atoms with Crippen molar-refractivity contribution in [1.82, 2.24) is 10.2 Å². The summed E-state index contributed by atoms with van der Waals surface area (Å²) >= 11 is 8.68. The number of β-lactam (4-membered cyclic amide) rings is 1. The number of rotatable bonds is 5. The molecule has 0 unspecified atom stereocenters. The van der Waals surface area contributed by atoms with E-state index in [0.29, 0.717) is 5.75 Å².